The van der Waals surface area contributed by atoms with E-state index in [-0.39, 0.29) is 22.6 Å². The van der Waals surface area contributed by atoms with Crippen molar-refractivity contribution in [2.75, 3.05) is 26.4 Å². The lowest BCUT2D eigenvalue weighted by molar-refractivity contribution is -0.138. The van der Waals surface area contributed by atoms with Gasteiger partial charge in [-0.05, 0) is 118 Å². The minimum atomic E-state index is -3.02. The topological polar surface area (TPSA) is 124 Å². The van der Waals surface area contributed by atoms with Crippen LogP contribution in [0.3, 0.4) is 0 Å². The van der Waals surface area contributed by atoms with Gasteiger partial charge in [-0.2, -0.15) is 0 Å². The normalized spacial score (nSPS) is 10.6. The summed E-state index contributed by atoms with van der Waals surface area (Å²) in [5.41, 5.74) is -0.306. The lowest BCUT2D eigenvalue weighted by Crippen LogP contribution is -2.11. The van der Waals surface area contributed by atoms with E-state index in [0.717, 1.165) is 75.7 Å². The highest BCUT2D eigenvalue weighted by Gasteiger charge is 2.20. The van der Waals surface area contributed by atoms with Crippen molar-refractivity contribution in [3.05, 3.63) is 109 Å². The third kappa shape index (κ3) is 14.9. The number of carbonyl (C=O) groups is 4. The fourth-order valence-electron chi connectivity index (χ4n) is 4.51. The highest BCUT2D eigenvalue weighted by atomic mass is 19.3. The van der Waals surface area contributed by atoms with E-state index in [2.05, 4.69) is 13.2 Å². The van der Waals surface area contributed by atoms with Crippen LogP contribution in [0.15, 0.2) is 92.0 Å². The van der Waals surface area contributed by atoms with Crippen LogP contribution < -0.4 is 18.9 Å². The summed E-state index contributed by atoms with van der Waals surface area (Å²) in [6.07, 6.45) is 5.82. The van der Waals surface area contributed by atoms with Crippen LogP contribution in [0.1, 0.15) is 84.1 Å². The van der Waals surface area contributed by atoms with Gasteiger partial charge in [0.25, 0.3) is 6.43 Å². The first kappa shape index (κ1) is 39.9. The summed E-state index contributed by atoms with van der Waals surface area (Å²) in [7, 11) is 0. The van der Waals surface area contributed by atoms with Gasteiger partial charge >= 0.3 is 23.9 Å². The molecule has 272 valence electrons. The van der Waals surface area contributed by atoms with Crippen LogP contribution in [-0.4, -0.2) is 50.3 Å². The predicted molar refractivity (Wildman–Crippen MR) is 184 cm³/mol. The van der Waals surface area contributed by atoms with Gasteiger partial charge in [0.1, 0.15) is 23.0 Å². The van der Waals surface area contributed by atoms with Gasteiger partial charge in [-0.25, -0.2) is 28.0 Å². The summed E-state index contributed by atoms with van der Waals surface area (Å²) in [6.45, 7) is 8.29. The van der Waals surface area contributed by atoms with Crippen LogP contribution in [0.5, 0.6) is 23.0 Å². The van der Waals surface area contributed by atoms with Gasteiger partial charge in [0.05, 0.1) is 43.1 Å². The van der Waals surface area contributed by atoms with Gasteiger partial charge in [0, 0.05) is 12.2 Å². The average Bonchev–Trinajstić information content (AvgIpc) is 3.14. The molecule has 0 amide bonds. The first-order chi connectivity index (χ1) is 24.7. The van der Waals surface area contributed by atoms with E-state index >= 15 is 0 Å². The number of benzene rings is 3. The number of ether oxygens (including phenoxy) is 6. The molecular weight excluding hydrogens is 666 g/mol. The van der Waals surface area contributed by atoms with Gasteiger partial charge < -0.3 is 28.4 Å². The molecule has 0 atom stereocenters. The number of unbranched alkanes of at least 4 members (excludes halogenated alkanes) is 6. The van der Waals surface area contributed by atoms with E-state index in [0.29, 0.717) is 37.9 Å². The Morgan fingerprint density at radius 1 is 0.549 bits per heavy atom. The Kier molecular flexibility index (Phi) is 17.4. The van der Waals surface area contributed by atoms with Crippen LogP contribution in [0, 0.1) is 0 Å². The Morgan fingerprint density at radius 2 is 0.961 bits per heavy atom. The maximum absolute atomic E-state index is 13.9. The van der Waals surface area contributed by atoms with Gasteiger partial charge in [-0.3, -0.25) is 0 Å². The maximum Gasteiger partial charge on any atom is 0.343 e. The molecule has 0 saturated carbocycles. The van der Waals surface area contributed by atoms with Crippen LogP contribution in [0.2, 0.25) is 0 Å². The fraction of sp³-hybridized carbons (Fsp3) is 0.333. The van der Waals surface area contributed by atoms with Crippen molar-refractivity contribution in [3.8, 4) is 23.0 Å². The quantitative estimate of drug-likeness (QED) is 0.0411. The van der Waals surface area contributed by atoms with Crippen molar-refractivity contribution < 1.29 is 56.4 Å². The van der Waals surface area contributed by atoms with Crippen molar-refractivity contribution in [3.63, 3.8) is 0 Å². The molecule has 3 rings (SSSR count). The molecular formula is C39H42F2O10. The monoisotopic (exact) mass is 708 g/mol. The molecule has 0 aliphatic carbocycles. The molecule has 0 fully saturated rings. The van der Waals surface area contributed by atoms with Crippen LogP contribution >= 0.6 is 0 Å². The molecule has 3 aromatic carbocycles. The molecule has 3 aromatic rings. The highest BCUT2D eigenvalue weighted by molar-refractivity contribution is 5.92. The standard InChI is InChI=1S/C39H42F2O10/c1-3-35(42)48-25-11-7-5-9-23-46-30-17-13-28(14-18-30)38(44)50-32-21-22-34(33(27-32)37(40)41)51-39(45)29-15-19-31(20-16-29)47-24-10-6-8-12-26-49-36(43)4-2/h3-4,13-22,27,37H,1-2,5-12,23-26H2. The Balaban J connectivity index is 1.42. The van der Waals surface area contributed by atoms with Crippen molar-refractivity contribution in [2.45, 2.75) is 57.8 Å². The second-order valence-corrected chi connectivity index (χ2v) is 11.1. The van der Waals surface area contributed by atoms with Gasteiger partial charge in [-0.15, -0.1) is 0 Å². The average molecular weight is 709 g/mol. The van der Waals surface area contributed by atoms with E-state index in [9.17, 15) is 28.0 Å². The Hall–Kier alpha value is -5.52. The molecule has 0 N–H and O–H groups in total. The number of hydrogen-bond donors (Lipinski definition) is 0. The molecule has 12 heteroatoms. The first-order valence-corrected chi connectivity index (χ1v) is 16.6. The lowest BCUT2D eigenvalue weighted by Gasteiger charge is -2.12. The van der Waals surface area contributed by atoms with Crippen LogP contribution in [0.4, 0.5) is 8.78 Å². The number of halogens is 2. The molecule has 0 unspecified atom stereocenters. The minimum Gasteiger partial charge on any atom is -0.494 e. The Labute approximate surface area is 295 Å². The van der Waals surface area contributed by atoms with Crippen molar-refractivity contribution in [1.82, 2.24) is 0 Å². The molecule has 0 aromatic heterocycles. The maximum atomic E-state index is 13.9. The van der Waals surface area contributed by atoms with E-state index < -0.39 is 35.9 Å². The van der Waals surface area contributed by atoms with E-state index in [4.69, 9.17) is 28.4 Å². The summed E-state index contributed by atoms with van der Waals surface area (Å²) in [5.74, 6) is -1.92. The van der Waals surface area contributed by atoms with Gasteiger partial charge in [0.2, 0.25) is 0 Å². The SMILES string of the molecule is C=CC(=O)OCCCCCCOc1ccc(C(=O)Oc2ccc(OC(=O)c3ccc(OCCCCCCOC(=O)C=C)cc3)c(C(F)F)c2)cc1. The molecule has 0 aliphatic rings. The zero-order chi connectivity index (χ0) is 36.8. The van der Waals surface area contributed by atoms with E-state index in [1.54, 1.807) is 24.3 Å². The number of esters is 4. The number of rotatable bonds is 23. The number of alkyl halides is 2. The van der Waals surface area contributed by atoms with E-state index in [1.807, 2.05) is 0 Å². The second-order valence-electron chi connectivity index (χ2n) is 11.1. The summed E-state index contributed by atoms with van der Waals surface area (Å²) in [6, 6.07) is 15.7. The Morgan fingerprint density at radius 3 is 1.39 bits per heavy atom. The molecule has 0 saturated heterocycles. The molecule has 10 nitrogen and oxygen atoms in total. The summed E-state index contributed by atoms with van der Waals surface area (Å²) >= 11 is 0. The summed E-state index contributed by atoms with van der Waals surface area (Å²) in [4.78, 5) is 47.4. The summed E-state index contributed by atoms with van der Waals surface area (Å²) in [5, 5.41) is 0. The molecule has 0 spiro atoms. The van der Waals surface area contributed by atoms with Crippen molar-refractivity contribution in [1.29, 1.82) is 0 Å². The van der Waals surface area contributed by atoms with Crippen LogP contribution in [0.25, 0.3) is 0 Å². The van der Waals surface area contributed by atoms with E-state index in [1.165, 1.54) is 30.3 Å². The van der Waals surface area contributed by atoms with Crippen molar-refractivity contribution >= 4 is 23.9 Å². The van der Waals surface area contributed by atoms with Crippen molar-refractivity contribution in [2.24, 2.45) is 0 Å². The third-order valence-electron chi connectivity index (χ3n) is 7.25. The molecule has 0 bridgehead atoms. The molecule has 0 heterocycles. The number of carbonyl (C=O) groups excluding carboxylic acids is 4. The minimum absolute atomic E-state index is 0.128. The number of hydrogen-bond acceptors (Lipinski definition) is 10. The predicted octanol–water partition coefficient (Wildman–Crippen LogP) is 8.40. The second kappa shape index (κ2) is 22.2. The highest BCUT2D eigenvalue weighted by Crippen LogP contribution is 2.33. The largest absolute Gasteiger partial charge is 0.494 e. The Bertz CT molecular complexity index is 1590. The third-order valence-corrected chi connectivity index (χ3v) is 7.25. The zero-order valence-corrected chi connectivity index (χ0v) is 28.3. The smallest absolute Gasteiger partial charge is 0.343 e. The molecule has 0 radical (unpaired) electrons. The summed E-state index contributed by atoms with van der Waals surface area (Å²) < 4.78 is 59.7. The van der Waals surface area contributed by atoms with Gasteiger partial charge in [-0.1, -0.05) is 13.2 Å². The first-order valence-electron chi connectivity index (χ1n) is 16.6. The molecule has 0 aliphatic heterocycles. The van der Waals surface area contributed by atoms with Gasteiger partial charge in [0.15, 0.2) is 0 Å². The zero-order valence-electron chi connectivity index (χ0n) is 28.3. The fourth-order valence-corrected chi connectivity index (χ4v) is 4.51. The van der Waals surface area contributed by atoms with Crippen LogP contribution in [-0.2, 0) is 19.1 Å². The molecule has 51 heavy (non-hydrogen) atoms. The lowest BCUT2D eigenvalue weighted by atomic mass is 10.1.